The van der Waals surface area contributed by atoms with Crippen molar-refractivity contribution < 1.29 is 4.79 Å². The summed E-state index contributed by atoms with van der Waals surface area (Å²) in [5.74, 6) is 1.13. The average Bonchev–Trinajstić information content (AvgIpc) is 3.37. The van der Waals surface area contributed by atoms with Crippen molar-refractivity contribution in [2.24, 2.45) is 0 Å². The van der Waals surface area contributed by atoms with E-state index in [0.717, 1.165) is 29.4 Å². The number of nitrogens with one attached hydrogen (secondary N) is 1. The first kappa shape index (κ1) is 18.9. The van der Waals surface area contributed by atoms with E-state index < -0.39 is 0 Å². The number of aromatic nitrogens is 5. The Labute approximate surface area is 158 Å². The van der Waals surface area contributed by atoms with Gasteiger partial charge in [0, 0.05) is 38.2 Å². The topological polar surface area (TPSA) is 77.6 Å². The molecule has 1 aliphatic carbocycles. The van der Waals surface area contributed by atoms with Crippen molar-refractivity contribution in [2.75, 3.05) is 12.8 Å². The van der Waals surface area contributed by atoms with Gasteiger partial charge in [0.15, 0.2) is 5.16 Å². The number of amides is 1. The van der Waals surface area contributed by atoms with Crippen LogP contribution < -0.4 is 5.32 Å². The Balaban J connectivity index is 1.42. The highest BCUT2D eigenvalue weighted by molar-refractivity contribution is 7.98. The lowest BCUT2D eigenvalue weighted by molar-refractivity contribution is -0.121. The van der Waals surface area contributed by atoms with Gasteiger partial charge in [0.25, 0.3) is 0 Å². The fourth-order valence-electron chi connectivity index (χ4n) is 3.51. The van der Waals surface area contributed by atoms with Crippen LogP contribution in [0.5, 0.6) is 0 Å². The molecule has 2 aromatic heterocycles. The summed E-state index contributed by atoms with van der Waals surface area (Å²) >= 11 is 1.66. The number of aryl methyl sites for hydroxylation is 3. The van der Waals surface area contributed by atoms with Gasteiger partial charge < -0.3 is 9.88 Å². The minimum absolute atomic E-state index is 0.0696. The maximum Gasteiger partial charge on any atom is 0.221 e. The van der Waals surface area contributed by atoms with Gasteiger partial charge in [-0.05, 0) is 38.0 Å². The molecular formula is C18H28N6OS. The van der Waals surface area contributed by atoms with Gasteiger partial charge >= 0.3 is 0 Å². The number of hydrogen-bond acceptors (Lipinski definition) is 5. The number of hydrogen-bond donors (Lipinski definition) is 1. The molecule has 2 heterocycles. The lowest BCUT2D eigenvalue weighted by Crippen LogP contribution is -2.26. The molecule has 0 saturated heterocycles. The fourth-order valence-corrected chi connectivity index (χ4v) is 4.09. The molecule has 1 saturated carbocycles. The second-order valence-corrected chi connectivity index (χ2v) is 7.67. The van der Waals surface area contributed by atoms with Crippen LogP contribution in [0.15, 0.2) is 17.6 Å². The third-order valence-corrected chi connectivity index (χ3v) is 5.48. The molecule has 0 radical (unpaired) electrons. The minimum Gasteiger partial charge on any atom is -0.356 e. The van der Waals surface area contributed by atoms with E-state index in [1.807, 2.05) is 17.8 Å². The van der Waals surface area contributed by atoms with E-state index in [-0.39, 0.29) is 5.91 Å². The van der Waals surface area contributed by atoms with Crippen LogP contribution in [0.4, 0.5) is 0 Å². The van der Waals surface area contributed by atoms with Crippen molar-refractivity contribution in [1.29, 1.82) is 0 Å². The smallest absolute Gasteiger partial charge is 0.221 e. The van der Waals surface area contributed by atoms with Gasteiger partial charge in [0.1, 0.15) is 5.82 Å². The Kier molecular flexibility index (Phi) is 6.71. The molecular weight excluding hydrogens is 348 g/mol. The van der Waals surface area contributed by atoms with Crippen LogP contribution in [0.1, 0.15) is 56.0 Å². The zero-order valence-electron chi connectivity index (χ0n) is 15.6. The highest BCUT2D eigenvalue weighted by Crippen LogP contribution is 2.33. The number of rotatable bonds is 9. The number of carbonyl (C=O) groups is 1. The number of nitrogens with zero attached hydrogens (tertiary/aromatic N) is 5. The van der Waals surface area contributed by atoms with Crippen LogP contribution in [-0.4, -0.2) is 43.3 Å². The number of carbonyl (C=O) groups excluding carboxylic acids is 1. The summed E-state index contributed by atoms with van der Waals surface area (Å²) in [6.45, 7) is 3.28. The van der Waals surface area contributed by atoms with E-state index in [1.165, 1.54) is 25.7 Å². The Morgan fingerprint density at radius 2 is 2.15 bits per heavy atom. The standard InChI is InChI=1S/C18H28N6OS/c1-14-12-20-23(13-14)11-9-17(25)19-10-5-8-16-21-22-18(26-2)24(16)15-6-3-4-7-15/h12-13,15H,3-11H2,1-2H3,(H,19,25). The molecule has 2 aromatic rings. The summed E-state index contributed by atoms with van der Waals surface area (Å²) in [5, 5.41) is 16.9. The Bertz CT molecular complexity index is 719. The molecule has 0 unspecified atom stereocenters. The Hall–Kier alpha value is -1.83. The zero-order valence-corrected chi connectivity index (χ0v) is 16.5. The maximum atomic E-state index is 12.0. The predicted octanol–water partition coefficient (Wildman–Crippen LogP) is 2.76. The van der Waals surface area contributed by atoms with Gasteiger partial charge in [-0.3, -0.25) is 9.48 Å². The van der Waals surface area contributed by atoms with Crippen LogP contribution in [0.25, 0.3) is 0 Å². The molecule has 3 rings (SSSR count). The third-order valence-electron chi connectivity index (χ3n) is 4.84. The molecule has 0 aliphatic heterocycles. The van der Waals surface area contributed by atoms with E-state index >= 15 is 0 Å². The van der Waals surface area contributed by atoms with Crippen molar-refractivity contribution in [3.05, 3.63) is 23.8 Å². The van der Waals surface area contributed by atoms with Gasteiger partial charge in [-0.25, -0.2) is 0 Å². The van der Waals surface area contributed by atoms with E-state index in [2.05, 4.69) is 31.4 Å². The van der Waals surface area contributed by atoms with Crippen LogP contribution in [0.3, 0.4) is 0 Å². The molecule has 142 valence electrons. The summed E-state index contributed by atoms with van der Waals surface area (Å²) in [7, 11) is 0. The van der Waals surface area contributed by atoms with Crippen molar-refractivity contribution in [3.63, 3.8) is 0 Å². The van der Waals surface area contributed by atoms with Crippen LogP contribution >= 0.6 is 11.8 Å². The summed E-state index contributed by atoms with van der Waals surface area (Å²) in [6, 6.07) is 0.551. The van der Waals surface area contributed by atoms with Gasteiger partial charge in [0.2, 0.25) is 5.91 Å². The molecule has 1 fully saturated rings. The lowest BCUT2D eigenvalue weighted by atomic mass is 10.2. The second-order valence-electron chi connectivity index (χ2n) is 6.90. The normalized spacial score (nSPS) is 14.8. The van der Waals surface area contributed by atoms with Crippen LogP contribution in [-0.2, 0) is 17.8 Å². The molecule has 0 bridgehead atoms. The van der Waals surface area contributed by atoms with E-state index in [9.17, 15) is 4.79 Å². The first-order valence-corrected chi connectivity index (χ1v) is 10.6. The Morgan fingerprint density at radius 1 is 1.35 bits per heavy atom. The molecule has 1 amide bonds. The summed E-state index contributed by atoms with van der Waals surface area (Å²) in [6.07, 6.45) is 13.0. The quantitative estimate of drug-likeness (QED) is 0.538. The van der Waals surface area contributed by atoms with Crippen LogP contribution in [0, 0.1) is 6.92 Å². The second kappa shape index (κ2) is 9.21. The Morgan fingerprint density at radius 3 is 2.85 bits per heavy atom. The summed E-state index contributed by atoms with van der Waals surface area (Å²) in [4.78, 5) is 12.0. The largest absolute Gasteiger partial charge is 0.356 e. The molecule has 0 aromatic carbocycles. The zero-order chi connectivity index (χ0) is 18.4. The number of thioether (sulfide) groups is 1. The first-order valence-electron chi connectivity index (χ1n) is 9.41. The van der Waals surface area contributed by atoms with E-state index in [1.54, 1.807) is 18.0 Å². The highest BCUT2D eigenvalue weighted by Gasteiger charge is 2.23. The molecule has 8 heteroatoms. The van der Waals surface area contributed by atoms with Gasteiger partial charge in [0.05, 0.1) is 6.20 Å². The SMILES string of the molecule is CSc1nnc(CCCNC(=O)CCn2cc(C)cn2)n1C1CCCC1. The van der Waals surface area contributed by atoms with E-state index in [0.29, 0.717) is 25.6 Å². The fraction of sp³-hybridized carbons (Fsp3) is 0.667. The monoisotopic (exact) mass is 376 g/mol. The molecule has 26 heavy (non-hydrogen) atoms. The first-order chi connectivity index (χ1) is 12.7. The van der Waals surface area contributed by atoms with Crippen molar-refractivity contribution in [3.8, 4) is 0 Å². The molecule has 0 atom stereocenters. The summed E-state index contributed by atoms with van der Waals surface area (Å²) in [5.41, 5.74) is 1.11. The lowest BCUT2D eigenvalue weighted by Gasteiger charge is -2.16. The molecule has 1 aliphatic rings. The predicted molar refractivity (Wildman–Crippen MR) is 102 cm³/mol. The molecule has 0 spiro atoms. The molecule has 7 nitrogen and oxygen atoms in total. The van der Waals surface area contributed by atoms with Crippen molar-refractivity contribution in [2.45, 2.75) is 69.6 Å². The maximum absolute atomic E-state index is 12.0. The van der Waals surface area contributed by atoms with E-state index in [4.69, 9.17) is 0 Å². The molecule has 1 N–H and O–H groups in total. The van der Waals surface area contributed by atoms with Gasteiger partial charge in [-0.15, -0.1) is 10.2 Å². The minimum atomic E-state index is 0.0696. The van der Waals surface area contributed by atoms with Crippen molar-refractivity contribution in [1.82, 2.24) is 29.9 Å². The van der Waals surface area contributed by atoms with Gasteiger partial charge in [-0.1, -0.05) is 24.6 Å². The summed E-state index contributed by atoms with van der Waals surface area (Å²) < 4.78 is 4.14. The van der Waals surface area contributed by atoms with Crippen LogP contribution in [0.2, 0.25) is 0 Å². The van der Waals surface area contributed by atoms with Crippen molar-refractivity contribution >= 4 is 17.7 Å². The van der Waals surface area contributed by atoms with Gasteiger partial charge in [-0.2, -0.15) is 5.10 Å². The third kappa shape index (κ3) is 4.87. The highest BCUT2D eigenvalue weighted by atomic mass is 32.2. The average molecular weight is 377 g/mol.